The molecule has 2 N–H and O–H groups in total. The lowest BCUT2D eigenvalue weighted by molar-refractivity contribution is -0.143. The van der Waals surface area contributed by atoms with E-state index in [1.165, 1.54) is 12.1 Å². The van der Waals surface area contributed by atoms with Crippen molar-refractivity contribution in [1.29, 1.82) is 0 Å². The number of nitrogens with two attached hydrogens (primary N) is 1. The first kappa shape index (κ1) is 17.4. The molecule has 6 nitrogen and oxygen atoms in total. The highest BCUT2D eigenvalue weighted by Crippen LogP contribution is 2.26. The number of carbonyl (C=O) groups excluding carboxylic acids is 1. The summed E-state index contributed by atoms with van der Waals surface area (Å²) in [6, 6.07) is 3.05. The van der Waals surface area contributed by atoms with Gasteiger partial charge in [0.25, 0.3) is 0 Å². The molecule has 0 aliphatic heterocycles. The molecule has 21 heavy (non-hydrogen) atoms. The second-order valence-corrected chi connectivity index (χ2v) is 6.43. The summed E-state index contributed by atoms with van der Waals surface area (Å²) in [5, 5.41) is 0. The number of sulfonamides is 1. The first-order valence-electron chi connectivity index (χ1n) is 6.43. The SMILES string of the molecule is CCOC(=O)CN(C(C)C)S(=O)(=O)c1c(N)cccc1F. The van der Waals surface area contributed by atoms with Crippen LogP contribution < -0.4 is 5.73 Å². The van der Waals surface area contributed by atoms with E-state index in [-0.39, 0.29) is 12.3 Å². The molecule has 8 heteroatoms. The maximum atomic E-state index is 13.9. The van der Waals surface area contributed by atoms with Crippen LogP contribution in [-0.4, -0.2) is 37.9 Å². The lowest BCUT2D eigenvalue weighted by Gasteiger charge is -2.25. The summed E-state index contributed by atoms with van der Waals surface area (Å²) >= 11 is 0. The molecule has 0 aliphatic carbocycles. The summed E-state index contributed by atoms with van der Waals surface area (Å²) in [5.74, 6) is -1.66. The molecule has 1 aromatic rings. The monoisotopic (exact) mass is 318 g/mol. The summed E-state index contributed by atoms with van der Waals surface area (Å²) in [5.41, 5.74) is 5.37. The van der Waals surface area contributed by atoms with Gasteiger partial charge in [-0.15, -0.1) is 0 Å². The van der Waals surface area contributed by atoms with Gasteiger partial charge in [-0.3, -0.25) is 4.79 Å². The predicted octanol–water partition coefficient (Wildman–Crippen LogP) is 1.37. The normalized spacial score (nSPS) is 11.9. The maximum Gasteiger partial charge on any atom is 0.321 e. The largest absolute Gasteiger partial charge is 0.465 e. The number of nitrogens with zero attached hydrogens (tertiary/aromatic N) is 1. The van der Waals surface area contributed by atoms with Gasteiger partial charge in [-0.2, -0.15) is 4.31 Å². The van der Waals surface area contributed by atoms with Gasteiger partial charge in [-0.1, -0.05) is 6.07 Å². The van der Waals surface area contributed by atoms with Crippen LogP contribution in [0.15, 0.2) is 23.1 Å². The number of anilines is 1. The topological polar surface area (TPSA) is 89.7 Å². The molecule has 0 bridgehead atoms. The van der Waals surface area contributed by atoms with Crippen molar-refractivity contribution in [2.45, 2.75) is 31.7 Å². The lowest BCUT2D eigenvalue weighted by atomic mass is 10.3. The molecule has 0 atom stereocenters. The summed E-state index contributed by atoms with van der Waals surface area (Å²) in [6.07, 6.45) is 0. The molecule has 0 unspecified atom stereocenters. The predicted molar refractivity (Wildman–Crippen MR) is 76.5 cm³/mol. The molecule has 1 rings (SSSR count). The van der Waals surface area contributed by atoms with Crippen LogP contribution in [0.3, 0.4) is 0 Å². The van der Waals surface area contributed by atoms with Crippen LogP contribution >= 0.6 is 0 Å². The van der Waals surface area contributed by atoms with Gasteiger partial charge in [0.2, 0.25) is 10.0 Å². The van der Waals surface area contributed by atoms with E-state index in [4.69, 9.17) is 10.5 Å². The molecule has 0 spiro atoms. The Morgan fingerprint density at radius 1 is 1.43 bits per heavy atom. The van der Waals surface area contributed by atoms with E-state index in [1.807, 2.05) is 0 Å². The second kappa shape index (κ2) is 6.86. The van der Waals surface area contributed by atoms with Crippen molar-refractivity contribution < 1.29 is 22.3 Å². The average molecular weight is 318 g/mol. The van der Waals surface area contributed by atoms with Crippen LogP contribution in [-0.2, 0) is 19.6 Å². The van der Waals surface area contributed by atoms with E-state index in [0.717, 1.165) is 10.4 Å². The van der Waals surface area contributed by atoms with Crippen molar-refractivity contribution in [3.63, 3.8) is 0 Å². The minimum absolute atomic E-state index is 0.132. The van der Waals surface area contributed by atoms with Crippen molar-refractivity contribution in [3.8, 4) is 0 Å². The molecular weight excluding hydrogens is 299 g/mol. The first-order valence-corrected chi connectivity index (χ1v) is 7.87. The number of hydrogen-bond donors (Lipinski definition) is 1. The summed E-state index contributed by atoms with van der Waals surface area (Å²) in [7, 11) is -4.24. The number of ether oxygens (including phenoxy) is 1. The van der Waals surface area contributed by atoms with Crippen LogP contribution in [0.2, 0.25) is 0 Å². The number of hydrogen-bond acceptors (Lipinski definition) is 5. The number of nitrogen functional groups attached to an aromatic ring is 1. The van der Waals surface area contributed by atoms with Crippen LogP contribution in [0.1, 0.15) is 20.8 Å². The Bertz CT molecular complexity index is 596. The Hall–Kier alpha value is -1.67. The first-order chi connectivity index (χ1) is 9.71. The Kier molecular flexibility index (Phi) is 5.68. The van der Waals surface area contributed by atoms with E-state index in [0.29, 0.717) is 0 Å². The molecule has 118 valence electrons. The fraction of sp³-hybridized carbons (Fsp3) is 0.462. The van der Waals surface area contributed by atoms with Gasteiger partial charge in [-0.05, 0) is 32.9 Å². The van der Waals surface area contributed by atoms with Crippen molar-refractivity contribution >= 4 is 21.7 Å². The van der Waals surface area contributed by atoms with Crippen molar-refractivity contribution in [2.75, 3.05) is 18.9 Å². The fourth-order valence-electron chi connectivity index (χ4n) is 1.79. The van der Waals surface area contributed by atoms with E-state index in [2.05, 4.69) is 0 Å². The fourth-order valence-corrected chi connectivity index (χ4v) is 3.54. The number of rotatable bonds is 6. The number of benzene rings is 1. The molecule has 0 amide bonds. The van der Waals surface area contributed by atoms with Crippen molar-refractivity contribution in [1.82, 2.24) is 4.31 Å². The Morgan fingerprint density at radius 3 is 2.52 bits per heavy atom. The number of esters is 1. The number of carbonyl (C=O) groups is 1. The summed E-state index contributed by atoms with van der Waals surface area (Å²) in [6.45, 7) is 4.40. The van der Waals surface area contributed by atoms with Gasteiger partial charge in [0.1, 0.15) is 17.3 Å². The standard InChI is InChI=1S/C13H19FN2O4S/c1-4-20-12(17)8-16(9(2)3)21(18,19)13-10(14)6-5-7-11(13)15/h5-7,9H,4,8,15H2,1-3H3. The molecule has 0 heterocycles. The molecule has 0 aliphatic rings. The Labute approximate surface area is 123 Å². The third kappa shape index (κ3) is 3.92. The lowest BCUT2D eigenvalue weighted by Crippen LogP contribution is -2.41. The Morgan fingerprint density at radius 2 is 2.05 bits per heavy atom. The molecule has 1 aromatic carbocycles. The van der Waals surface area contributed by atoms with E-state index >= 15 is 0 Å². The molecule has 0 radical (unpaired) electrons. The average Bonchev–Trinajstić information content (AvgIpc) is 2.35. The minimum Gasteiger partial charge on any atom is -0.465 e. The van der Waals surface area contributed by atoms with Gasteiger partial charge in [0.05, 0.1) is 12.3 Å². The minimum atomic E-state index is -4.24. The van der Waals surface area contributed by atoms with Crippen LogP contribution in [0.4, 0.5) is 10.1 Å². The highest BCUT2D eigenvalue weighted by atomic mass is 32.2. The number of halogens is 1. The zero-order valence-corrected chi connectivity index (χ0v) is 13.0. The van der Waals surface area contributed by atoms with Crippen molar-refractivity contribution in [3.05, 3.63) is 24.0 Å². The highest BCUT2D eigenvalue weighted by molar-refractivity contribution is 7.89. The van der Waals surface area contributed by atoms with Gasteiger partial charge in [-0.25, -0.2) is 12.8 Å². The zero-order chi connectivity index (χ0) is 16.2. The molecule has 0 aromatic heterocycles. The maximum absolute atomic E-state index is 13.9. The summed E-state index contributed by atoms with van der Waals surface area (Å²) < 4.78 is 44.6. The quantitative estimate of drug-likeness (QED) is 0.632. The molecular formula is C13H19FN2O4S. The smallest absolute Gasteiger partial charge is 0.321 e. The molecule has 0 fully saturated rings. The Balaban J connectivity index is 3.26. The molecule has 0 saturated carbocycles. The van der Waals surface area contributed by atoms with Gasteiger partial charge in [0, 0.05) is 6.04 Å². The summed E-state index contributed by atoms with van der Waals surface area (Å²) in [4.78, 5) is 10.9. The molecule has 0 saturated heterocycles. The highest BCUT2D eigenvalue weighted by Gasteiger charge is 2.33. The second-order valence-electron chi connectivity index (χ2n) is 4.61. The van der Waals surface area contributed by atoms with Crippen LogP contribution in [0, 0.1) is 5.82 Å². The van der Waals surface area contributed by atoms with Crippen molar-refractivity contribution in [2.24, 2.45) is 0 Å². The van der Waals surface area contributed by atoms with Gasteiger partial charge < -0.3 is 10.5 Å². The van der Waals surface area contributed by atoms with Gasteiger partial charge in [0.15, 0.2) is 0 Å². The van der Waals surface area contributed by atoms with Crippen LogP contribution in [0.5, 0.6) is 0 Å². The van der Waals surface area contributed by atoms with Gasteiger partial charge >= 0.3 is 5.97 Å². The van der Waals surface area contributed by atoms with E-state index < -0.39 is 39.3 Å². The van der Waals surface area contributed by atoms with Crippen LogP contribution in [0.25, 0.3) is 0 Å². The van der Waals surface area contributed by atoms with E-state index in [9.17, 15) is 17.6 Å². The zero-order valence-electron chi connectivity index (χ0n) is 12.2. The third-order valence-corrected chi connectivity index (χ3v) is 4.85. The van der Waals surface area contributed by atoms with E-state index in [1.54, 1.807) is 20.8 Å². The third-order valence-electron chi connectivity index (χ3n) is 2.73.